The number of amides is 1. The monoisotopic (exact) mass is 205 g/mol. The molecule has 0 aromatic heterocycles. The molecule has 1 heterocycles. The van der Waals surface area contributed by atoms with Gasteiger partial charge in [0.2, 0.25) is 0 Å². The van der Waals surface area contributed by atoms with E-state index in [9.17, 15) is 4.79 Å². The Hall–Kier alpha value is -1.48. The summed E-state index contributed by atoms with van der Waals surface area (Å²) in [5, 5.41) is 6.83. The van der Waals surface area contributed by atoms with E-state index in [-0.39, 0.29) is 5.24 Å². The molecule has 0 saturated carbocycles. The molecule has 1 amide bonds. The molecular formula is C11H11NOS. The highest BCUT2D eigenvalue weighted by molar-refractivity contribution is 8.34. The van der Waals surface area contributed by atoms with Gasteiger partial charge in [-0.15, -0.1) is 10.9 Å². The van der Waals surface area contributed by atoms with Crippen LogP contribution in [0.15, 0.2) is 53.3 Å². The lowest BCUT2D eigenvalue weighted by Gasteiger charge is -2.10. The number of nitrogens with one attached hydrogen (secondary N) is 1. The molecule has 3 heteroatoms. The van der Waals surface area contributed by atoms with Gasteiger partial charge in [-0.25, -0.2) is 0 Å². The molecule has 0 fully saturated rings. The summed E-state index contributed by atoms with van der Waals surface area (Å²) in [4.78, 5) is 11.6. The minimum atomic E-state index is -0.741. The molecule has 1 aromatic rings. The summed E-state index contributed by atoms with van der Waals surface area (Å²) in [6.07, 6.45) is 3.83. The molecule has 0 unspecified atom stereocenters. The maximum absolute atomic E-state index is 11.6. The van der Waals surface area contributed by atoms with Crippen LogP contribution in [-0.4, -0.2) is 5.24 Å². The average Bonchev–Trinajstić information content (AvgIpc) is 2.72. The number of allylic oxidation sites excluding steroid dienone is 2. The molecule has 0 aliphatic carbocycles. The van der Waals surface area contributed by atoms with Crippen molar-refractivity contribution >= 4 is 21.8 Å². The van der Waals surface area contributed by atoms with E-state index in [0.717, 1.165) is 5.69 Å². The van der Waals surface area contributed by atoms with Gasteiger partial charge in [0.05, 0.1) is 0 Å². The number of rotatable bonds is 1. The normalized spacial score (nSPS) is 15.9. The van der Waals surface area contributed by atoms with Gasteiger partial charge in [0.15, 0.2) is 0 Å². The highest BCUT2D eigenvalue weighted by atomic mass is 32.2. The molecule has 2 nitrogen and oxygen atoms in total. The van der Waals surface area contributed by atoms with Gasteiger partial charge in [-0.2, -0.15) is 0 Å². The molecule has 0 atom stereocenters. The topological polar surface area (TPSA) is 29.1 Å². The Balaban J connectivity index is 2.02. The number of para-hydroxylation sites is 1. The minimum absolute atomic E-state index is 0.0798. The van der Waals surface area contributed by atoms with E-state index < -0.39 is 10.9 Å². The Labute approximate surface area is 85.7 Å². The number of carbonyl (C=O) groups is 1. The van der Waals surface area contributed by atoms with E-state index in [1.165, 1.54) is 0 Å². The van der Waals surface area contributed by atoms with Crippen LogP contribution in [-0.2, 0) is 0 Å². The van der Waals surface area contributed by atoms with Gasteiger partial charge in [0, 0.05) is 5.69 Å². The second kappa shape index (κ2) is 4.15. The van der Waals surface area contributed by atoms with Crippen LogP contribution in [0.3, 0.4) is 0 Å². The van der Waals surface area contributed by atoms with Gasteiger partial charge in [0.25, 0.3) is 5.24 Å². The molecule has 0 saturated heterocycles. The van der Waals surface area contributed by atoms with Crippen molar-refractivity contribution in [1.82, 2.24) is 0 Å². The van der Waals surface area contributed by atoms with Crippen molar-refractivity contribution in [2.24, 2.45) is 0 Å². The van der Waals surface area contributed by atoms with Gasteiger partial charge < -0.3 is 5.32 Å². The molecule has 0 radical (unpaired) electrons. The van der Waals surface area contributed by atoms with Crippen LogP contribution in [0.2, 0.25) is 0 Å². The summed E-state index contributed by atoms with van der Waals surface area (Å²) < 4.78 is 0. The van der Waals surface area contributed by atoms with E-state index in [2.05, 4.69) is 5.32 Å². The molecule has 1 aliphatic rings. The van der Waals surface area contributed by atoms with Crippen LogP contribution in [0, 0.1) is 0 Å². The Morgan fingerprint density at radius 3 is 2.36 bits per heavy atom. The predicted molar refractivity (Wildman–Crippen MR) is 62.7 cm³/mol. The van der Waals surface area contributed by atoms with Crippen molar-refractivity contribution in [2.45, 2.75) is 0 Å². The SMILES string of the molecule is O=C(Nc1ccccc1)[SH]1C=CC=C1. The second-order valence-corrected chi connectivity index (χ2v) is 4.70. The fourth-order valence-electron chi connectivity index (χ4n) is 1.18. The number of anilines is 1. The van der Waals surface area contributed by atoms with Crippen LogP contribution in [0.1, 0.15) is 0 Å². The minimum Gasteiger partial charge on any atom is -0.318 e. The zero-order valence-electron chi connectivity index (χ0n) is 7.55. The summed E-state index contributed by atoms with van der Waals surface area (Å²) in [7, 11) is -0.741. The Bertz CT molecular complexity index is 372. The average molecular weight is 205 g/mol. The lowest BCUT2D eigenvalue weighted by atomic mass is 10.3. The van der Waals surface area contributed by atoms with Gasteiger partial charge in [-0.1, -0.05) is 30.4 Å². The summed E-state index contributed by atoms with van der Waals surface area (Å²) in [6, 6.07) is 9.51. The smallest absolute Gasteiger partial charge is 0.270 e. The van der Waals surface area contributed by atoms with E-state index in [4.69, 9.17) is 0 Å². The quantitative estimate of drug-likeness (QED) is 0.677. The van der Waals surface area contributed by atoms with Gasteiger partial charge in [-0.05, 0) is 22.9 Å². The third kappa shape index (κ3) is 2.06. The number of hydrogen-bond acceptors (Lipinski definition) is 1. The Morgan fingerprint density at radius 1 is 1.07 bits per heavy atom. The van der Waals surface area contributed by atoms with E-state index in [0.29, 0.717) is 0 Å². The predicted octanol–water partition coefficient (Wildman–Crippen LogP) is 3.26. The van der Waals surface area contributed by atoms with Gasteiger partial charge in [0.1, 0.15) is 0 Å². The molecular weight excluding hydrogens is 194 g/mol. The zero-order chi connectivity index (χ0) is 9.80. The largest absolute Gasteiger partial charge is 0.318 e. The lowest BCUT2D eigenvalue weighted by molar-refractivity contribution is 0.269. The van der Waals surface area contributed by atoms with Crippen LogP contribution in [0.5, 0.6) is 0 Å². The fraction of sp³-hybridized carbons (Fsp3) is 0. The molecule has 14 heavy (non-hydrogen) atoms. The van der Waals surface area contributed by atoms with E-state index in [1.807, 2.05) is 53.3 Å². The van der Waals surface area contributed by atoms with Crippen molar-refractivity contribution in [3.8, 4) is 0 Å². The van der Waals surface area contributed by atoms with Crippen LogP contribution in [0.25, 0.3) is 0 Å². The number of benzene rings is 1. The maximum Gasteiger partial charge on any atom is 0.270 e. The molecule has 0 bridgehead atoms. The van der Waals surface area contributed by atoms with Crippen LogP contribution < -0.4 is 5.32 Å². The van der Waals surface area contributed by atoms with Crippen molar-refractivity contribution in [1.29, 1.82) is 0 Å². The molecule has 1 aromatic carbocycles. The van der Waals surface area contributed by atoms with Crippen LogP contribution in [0.4, 0.5) is 10.5 Å². The first-order chi connectivity index (χ1) is 6.86. The standard InChI is InChI=1S/C11H11NOS/c13-11(14-8-4-5-9-14)12-10-6-2-1-3-7-10/h1-9,14H,(H,12,13). The van der Waals surface area contributed by atoms with Crippen molar-refractivity contribution in [2.75, 3.05) is 5.32 Å². The summed E-state index contributed by atoms with van der Waals surface area (Å²) in [5.41, 5.74) is 0.855. The zero-order valence-corrected chi connectivity index (χ0v) is 8.45. The maximum atomic E-state index is 11.6. The molecule has 0 spiro atoms. The van der Waals surface area contributed by atoms with Crippen molar-refractivity contribution in [3.05, 3.63) is 53.3 Å². The number of thiol groups is 1. The lowest BCUT2D eigenvalue weighted by Crippen LogP contribution is -2.06. The second-order valence-electron chi connectivity index (χ2n) is 2.89. The Morgan fingerprint density at radius 2 is 1.71 bits per heavy atom. The Kier molecular flexibility index (Phi) is 2.70. The first kappa shape index (κ1) is 9.09. The van der Waals surface area contributed by atoms with Crippen molar-refractivity contribution in [3.63, 3.8) is 0 Å². The van der Waals surface area contributed by atoms with Gasteiger partial charge >= 0.3 is 0 Å². The first-order valence-corrected chi connectivity index (χ1v) is 5.83. The van der Waals surface area contributed by atoms with Crippen LogP contribution >= 0.6 is 10.9 Å². The van der Waals surface area contributed by atoms with Gasteiger partial charge in [-0.3, -0.25) is 4.79 Å². The molecule has 1 N–H and O–H groups in total. The highest BCUT2D eigenvalue weighted by Gasteiger charge is 2.09. The third-order valence-corrected chi connectivity index (χ3v) is 3.43. The first-order valence-electron chi connectivity index (χ1n) is 4.35. The summed E-state index contributed by atoms with van der Waals surface area (Å²) in [5.74, 6) is 0. The molecule has 2 rings (SSSR count). The summed E-state index contributed by atoms with van der Waals surface area (Å²) >= 11 is 0. The number of hydrogen-bond donors (Lipinski definition) is 2. The van der Waals surface area contributed by atoms with E-state index in [1.54, 1.807) is 0 Å². The summed E-state index contributed by atoms with van der Waals surface area (Å²) in [6.45, 7) is 0. The highest BCUT2D eigenvalue weighted by Crippen LogP contribution is 2.34. The molecule has 1 aliphatic heterocycles. The fourth-order valence-corrected chi connectivity index (χ4v) is 2.38. The molecule has 72 valence electrons. The number of carbonyl (C=O) groups excluding carboxylic acids is 1. The van der Waals surface area contributed by atoms with Crippen molar-refractivity contribution < 1.29 is 4.79 Å². The van der Waals surface area contributed by atoms with E-state index >= 15 is 0 Å². The third-order valence-electron chi connectivity index (χ3n) is 1.86.